The van der Waals surface area contributed by atoms with Crippen molar-refractivity contribution in [3.63, 3.8) is 0 Å². The second-order valence-corrected chi connectivity index (χ2v) is 7.95. The van der Waals surface area contributed by atoms with Gasteiger partial charge in [0.15, 0.2) is 0 Å². The van der Waals surface area contributed by atoms with Crippen LogP contribution in [0, 0.1) is 20.8 Å². The minimum absolute atomic E-state index is 0.260. The first kappa shape index (κ1) is 15.9. The van der Waals surface area contributed by atoms with Crippen molar-refractivity contribution >= 4 is 27.0 Å². The van der Waals surface area contributed by atoms with Gasteiger partial charge in [-0.2, -0.15) is 0 Å². The molecule has 5 nitrogen and oxygen atoms in total. The molecule has 0 atom stereocenters. The van der Waals surface area contributed by atoms with Gasteiger partial charge in [0.25, 0.3) is 0 Å². The molecule has 1 heterocycles. The van der Waals surface area contributed by atoms with E-state index in [1.54, 1.807) is 29.5 Å². The molecule has 1 aromatic carbocycles. The van der Waals surface area contributed by atoms with E-state index in [0.717, 1.165) is 26.8 Å². The quantitative estimate of drug-likeness (QED) is 0.886. The van der Waals surface area contributed by atoms with Crippen LogP contribution in [0.4, 0.5) is 5.69 Å². The standard InChI is InChI=1S/C14H19N3O2S2/c1-9-5-6-12(21(18,19)15-4)7-13(9)16-8-14-10(2)17-11(3)20-14/h5-7,15-16H,8H2,1-4H3. The fourth-order valence-electron chi connectivity index (χ4n) is 1.99. The second-order valence-electron chi connectivity index (χ2n) is 4.78. The zero-order chi connectivity index (χ0) is 15.6. The molecule has 0 fully saturated rings. The van der Waals surface area contributed by atoms with E-state index < -0.39 is 10.0 Å². The molecule has 0 radical (unpaired) electrons. The van der Waals surface area contributed by atoms with Crippen LogP contribution in [0.15, 0.2) is 23.1 Å². The summed E-state index contributed by atoms with van der Waals surface area (Å²) >= 11 is 1.65. The fourth-order valence-corrected chi connectivity index (χ4v) is 3.62. The van der Waals surface area contributed by atoms with Crippen molar-refractivity contribution in [3.05, 3.63) is 39.3 Å². The lowest BCUT2D eigenvalue weighted by molar-refractivity contribution is 0.588. The van der Waals surface area contributed by atoms with E-state index >= 15 is 0 Å². The number of rotatable bonds is 5. The van der Waals surface area contributed by atoms with Gasteiger partial charge in [-0.3, -0.25) is 0 Å². The molecule has 21 heavy (non-hydrogen) atoms. The number of hydrogen-bond acceptors (Lipinski definition) is 5. The van der Waals surface area contributed by atoms with E-state index in [9.17, 15) is 8.42 Å². The summed E-state index contributed by atoms with van der Waals surface area (Å²) in [5.74, 6) is 0. The van der Waals surface area contributed by atoms with Crippen molar-refractivity contribution in [3.8, 4) is 0 Å². The molecule has 0 spiro atoms. The van der Waals surface area contributed by atoms with Crippen LogP contribution in [0.3, 0.4) is 0 Å². The summed E-state index contributed by atoms with van der Waals surface area (Å²) in [7, 11) is -2.02. The van der Waals surface area contributed by atoms with Gasteiger partial charge in [0.05, 0.1) is 22.1 Å². The molecule has 0 aliphatic carbocycles. The van der Waals surface area contributed by atoms with Gasteiger partial charge in [-0.05, 0) is 45.5 Å². The average Bonchev–Trinajstić information content (AvgIpc) is 2.76. The highest BCUT2D eigenvalue weighted by molar-refractivity contribution is 7.89. The molecule has 0 saturated heterocycles. The smallest absolute Gasteiger partial charge is 0.240 e. The number of sulfonamides is 1. The van der Waals surface area contributed by atoms with Crippen LogP contribution in [0.5, 0.6) is 0 Å². The summed E-state index contributed by atoms with van der Waals surface area (Å²) in [5, 5.41) is 4.33. The van der Waals surface area contributed by atoms with Crippen molar-refractivity contribution in [1.29, 1.82) is 0 Å². The predicted octanol–water partition coefficient (Wildman–Crippen LogP) is 2.59. The van der Waals surface area contributed by atoms with Crippen molar-refractivity contribution < 1.29 is 8.42 Å². The molecule has 0 aliphatic heterocycles. The molecule has 0 amide bonds. The Morgan fingerprint density at radius 2 is 1.95 bits per heavy atom. The maximum Gasteiger partial charge on any atom is 0.240 e. The molecule has 0 aliphatic rings. The highest BCUT2D eigenvalue weighted by Gasteiger charge is 2.13. The Bertz CT molecular complexity index is 752. The second kappa shape index (κ2) is 6.13. The molecule has 1 aromatic heterocycles. The zero-order valence-electron chi connectivity index (χ0n) is 12.5. The summed E-state index contributed by atoms with van der Waals surface area (Å²) in [6, 6.07) is 5.07. The Morgan fingerprint density at radius 1 is 1.24 bits per heavy atom. The summed E-state index contributed by atoms with van der Waals surface area (Å²) in [6.07, 6.45) is 0. The number of nitrogens with zero attached hydrogens (tertiary/aromatic N) is 1. The van der Waals surface area contributed by atoms with E-state index in [4.69, 9.17) is 0 Å². The Kier molecular flexibility index (Phi) is 4.65. The lowest BCUT2D eigenvalue weighted by Crippen LogP contribution is -2.18. The summed E-state index contributed by atoms with van der Waals surface area (Å²) in [4.78, 5) is 5.81. The third-order valence-electron chi connectivity index (χ3n) is 3.23. The molecule has 0 unspecified atom stereocenters. The first-order chi connectivity index (χ1) is 9.83. The summed E-state index contributed by atoms with van der Waals surface area (Å²) in [5.41, 5.74) is 2.84. The van der Waals surface area contributed by atoms with Crippen LogP contribution < -0.4 is 10.0 Å². The maximum absolute atomic E-state index is 11.8. The lowest BCUT2D eigenvalue weighted by atomic mass is 10.2. The number of hydrogen-bond donors (Lipinski definition) is 2. The average molecular weight is 325 g/mol. The van der Waals surface area contributed by atoms with Crippen LogP contribution in [0.2, 0.25) is 0 Å². The van der Waals surface area contributed by atoms with Gasteiger partial charge in [0, 0.05) is 10.6 Å². The highest BCUT2D eigenvalue weighted by atomic mass is 32.2. The van der Waals surface area contributed by atoms with Gasteiger partial charge in [0.1, 0.15) is 0 Å². The Morgan fingerprint density at radius 3 is 2.52 bits per heavy atom. The van der Waals surface area contributed by atoms with Crippen LogP contribution >= 0.6 is 11.3 Å². The van der Waals surface area contributed by atoms with Crippen LogP contribution in [0.25, 0.3) is 0 Å². The molecule has 0 bridgehead atoms. The molecular weight excluding hydrogens is 306 g/mol. The van der Waals surface area contributed by atoms with E-state index in [0.29, 0.717) is 6.54 Å². The molecule has 2 aromatic rings. The normalized spacial score (nSPS) is 11.6. The number of anilines is 1. The van der Waals surface area contributed by atoms with E-state index in [-0.39, 0.29) is 4.90 Å². The summed E-state index contributed by atoms with van der Waals surface area (Å²) in [6.45, 7) is 6.55. The molecule has 114 valence electrons. The van der Waals surface area contributed by atoms with Crippen molar-refractivity contribution in [1.82, 2.24) is 9.71 Å². The number of benzene rings is 1. The third-order valence-corrected chi connectivity index (χ3v) is 5.71. The van der Waals surface area contributed by atoms with Gasteiger partial charge in [0.2, 0.25) is 10.0 Å². The Hall–Kier alpha value is -1.44. The van der Waals surface area contributed by atoms with Crippen LogP contribution in [-0.4, -0.2) is 20.4 Å². The monoisotopic (exact) mass is 325 g/mol. The van der Waals surface area contributed by atoms with Gasteiger partial charge in [-0.15, -0.1) is 11.3 Å². The minimum atomic E-state index is -3.42. The van der Waals surface area contributed by atoms with E-state index in [1.807, 2.05) is 20.8 Å². The van der Waals surface area contributed by atoms with Gasteiger partial charge < -0.3 is 5.32 Å². The van der Waals surface area contributed by atoms with Gasteiger partial charge in [-0.1, -0.05) is 6.07 Å². The number of thiazole rings is 1. The first-order valence-electron chi connectivity index (χ1n) is 6.54. The minimum Gasteiger partial charge on any atom is -0.380 e. The molecule has 7 heteroatoms. The zero-order valence-corrected chi connectivity index (χ0v) is 14.2. The number of aromatic nitrogens is 1. The SMILES string of the molecule is CNS(=O)(=O)c1ccc(C)c(NCc2sc(C)nc2C)c1. The highest BCUT2D eigenvalue weighted by Crippen LogP contribution is 2.23. The maximum atomic E-state index is 11.8. The number of nitrogens with one attached hydrogen (secondary N) is 2. The summed E-state index contributed by atoms with van der Waals surface area (Å²) < 4.78 is 26.0. The number of aryl methyl sites for hydroxylation is 3. The predicted molar refractivity (Wildman–Crippen MR) is 86.3 cm³/mol. The van der Waals surface area contributed by atoms with Crippen molar-refractivity contribution in [2.45, 2.75) is 32.2 Å². The van der Waals surface area contributed by atoms with E-state index in [1.165, 1.54) is 7.05 Å². The molecular formula is C14H19N3O2S2. The van der Waals surface area contributed by atoms with E-state index in [2.05, 4.69) is 15.0 Å². The van der Waals surface area contributed by atoms with Crippen molar-refractivity contribution in [2.75, 3.05) is 12.4 Å². The molecule has 2 rings (SSSR count). The fraction of sp³-hybridized carbons (Fsp3) is 0.357. The Balaban J connectivity index is 2.24. The van der Waals surface area contributed by atoms with Gasteiger partial charge >= 0.3 is 0 Å². The lowest BCUT2D eigenvalue weighted by Gasteiger charge is -2.11. The Labute approximate surface area is 129 Å². The molecule has 2 N–H and O–H groups in total. The third kappa shape index (κ3) is 3.61. The van der Waals surface area contributed by atoms with Crippen LogP contribution in [-0.2, 0) is 16.6 Å². The van der Waals surface area contributed by atoms with Crippen molar-refractivity contribution in [2.24, 2.45) is 0 Å². The largest absolute Gasteiger partial charge is 0.380 e. The van der Waals surface area contributed by atoms with Crippen LogP contribution in [0.1, 0.15) is 21.1 Å². The topological polar surface area (TPSA) is 71.1 Å². The molecule has 0 saturated carbocycles. The van der Waals surface area contributed by atoms with Gasteiger partial charge in [-0.25, -0.2) is 18.1 Å². The first-order valence-corrected chi connectivity index (χ1v) is 8.84.